The number of carboxylic acids is 1. The molecule has 5 heteroatoms. The Morgan fingerprint density at radius 3 is 2.53 bits per heavy atom. The van der Waals surface area contributed by atoms with E-state index in [0.29, 0.717) is 21.8 Å². The number of ether oxygens (including phenoxy) is 1. The van der Waals surface area contributed by atoms with E-state index in [9.17, 15) is 9.59 Å². The molecule has 1 aromatic heterocycles. The number of carbonyl (C=O) groups excluding carboxylic acids is 1. The Labute approximate surface area is 114 Å². The molecule has 0 atom stereocenters. The van der Waals surface area contributed by atoms with Crippen LogP contribution in [0.4, 0.5) is 0 Å². The molecule has 0 aliphatic carbocycles. The number of carbonyl (C=O) groups is 2. The van der Waals surface area contributed by atoms with Crippen LogP contribution < -0.4 is 4.74 Å². The lowest BCUT2D eigenvalue weighted by atomic mass is 10.0. The number of methoxy groups -OCH3 is 1. The van der Waals surface area contributed by atoms with Crippen LogP contribution in [0.5, 0.6) is 5.75 Å². The van der Waals surface area contributed by atoms with E-state index >= 15 is 0 Å². The molecule has 0 radical (unpaired) electrons. The maximum Gasteiger partial charge on any atom is 0.337 e. The van der Waals surface area contributed by atoms with Gasteiger partial charge in [0.15, 0.2) is 5.78 Å². The summed E-state index contributed by atoms with van der Waals surface area (Å²) < 4.78 is 5.09. The van der Waals surface area contributed by atoms with Crippen molar-refractivity contribution >= 4 is 23.1 Å². The number of rotatable bonds is 4. The second-order valence-electron chi connectivity index (χ2n) is 3.94. The van der Waals surface area contributed by atoms with E-state index in [0.717, 1.165) is 0 Å². The molecule has 0 saturated carbocycles. The fourth-order valence-corrected chi connectivity index (χ4v) is 2.75. The minimum Gasteiger partial charge on any atom is -0.497 e. The van der Waals surface area contributed by atoms with E-state index < -0.39 is 5.97 Å². The highest BCUT2D eigenvalue weighted by atomic mass is 32.1. The summed E-state index contributed by atoms with van der Waals surface area (Å²) in [5.74, 6) is -0.553. The molecule has 0 unspecified atom stereocenters. The molecule has 1 aromatic carbocycles. The van der Waals surface area contributed by atoms with Gasteiger partial charge in [-0.1, -0.05) is 0 Å². The van der Waals surface area contributed by atoms with Crippen molar-refractivity contribution in [3.8, 4) is 16.2 Å². The summed E-state index contributed by atoms with van der Waals surface area (Å²) in [6, 6.07) is 6.60. The highest BCUT2D eigenvalue weighted by Gasteiger charge is 2.18. The molecular formula is C14H12O4S. The van der Waals surface area contributed by atoms with Gasteiger partial charge in [0.05, 0.1) is 12.7 Å². The topological polar surface area (TPSA) is 63.6 Å². The van der Waals surface area contributed by atoms with Crippen LogP contribution in [0.25, 0.3) is 10.4 Å². The molecule has 0 saturated heterocycles. The first-order valence-corrected chi connectivity index (χ1v) is 6.42. The average molecular weight is 276 g/mol. The molecule has 19 heavy (non-hydrogen) atoms. The van der Waals surface area contributed by atoms with Crippen molar-refractivity contribution in [2.75, 3.05) is 7.11 Å². The van der Waals surface area contributed by atoms with Crippen LogP contribution in [0, 0.1) is 0 Å². The first-order valence-electron chi connectivity index (χ1n) is 5.54. The Morgan fingerprint density at radius 1 is 1.21 bits per heavy atom. The summed E-state index contributed by atoms with van der Waals surface area (Å²) in [5.41, 5.74) is 1.29. The predicted octanol–water partition coefficient (Wildman–Crippen LogP) is 3.32. The number of benzene rings is 1. The van der Waals surface area contributed by atoms with Gasteiger partial charge in [-0.25, -0.2) is 4.79 Å². The van der Waals surface area contributed by atoms with E-state index in [2.05, 4.69) is 0 Å². The average Bonchev–Trinajstić information content (AvgIpc) is 2.87. The number of thiophene rings is 1. The second kappa shape index (κ2) is 5.24. The summed E-state index contributed by atoms with van der Waals surface area (Å²) in [6.45, 7) is 1.45. The number of Topliss-reactive ketones (excluding diaryl/α,β-unsaturated/α-hetero) is 1. The van der Waals surface area contributed by atoms with E-state index in [-0.39, 0.29) is 11.3 Å². The zero-order chi connectivity index (χ0) is 14.0. The van der Waals surface area contributed by atoms with Crippen LogP contribution in [0.1, 0.15) is 27.6 Å². The van der Waals surface area contributed by atoms with Crippen molar-refractivity contribution in [3.05, 3.63) is 40.8 Å². The van der Waals surface area contributed by atoms with E-state index in [1.807, 2.05) is 0 Å². The van der Waals surface area contributed by atoms with Gasteiger partial charge in [0, 0.05) is 16.0 Å². The summed E-state index contributed by atoms with van der Waals surface area (Å²) in [6.07, 6.45) is 0. The third-order valence-electron chi connectivity index (χ3n) is 2.75. The van der Waals surface area contributed by atoms with Crippen molar-refractivity contribution in [1.82, 2.24) is 0 Å². The van der Waals surface area contributed by atoms with Gasteiger partial charge >= 0.3 is 5.97 Å². The third-order valence-corrected chi connectivity index (χ3v) is 3.69. The van der Waals surface area contributed by atoms with Crippen LogP contribution in [-0.2, 0) is 0 Å². The molecule has 0 amide bonds. The molecule has 98 valence electrons. The van der Waals surface area contributed by atoms with Crippen molar-refractivity contribution < 1.29 is 19.4 Å². The van der Waals surface area contributed by atoms with Crippen molar-refractivity contribution in [2.24, 2.45) is 0 Å². The molecule has 4 nitrogen and oxygen atoms in total. The highest BCUT2D eigenvalue weighted by Crippen LogP contribution is 2.34. The number of aromatic carboxylic acids is 1. The molecular weight excluding hydrogens is 264 g/mol. The maximum absolute atomic E-state index is 11.7. The van der Waals surface area contributed by atoms with Crippen LogP contribution in [0.15, 0.2) is 29.6 Å². The zero-order valence-corrected chi connectivity index (χ0v) is 11.3. The van der Waals surface area contributed by atoms with Gasteiger partial charge in [-0.3, -0.25) is 4.79 Å². The van der Waals surface area contributed by atoms with Crippen LogP contribution in [0.3, 0.4) is 0 Å². The van der Waals surface area contributed by atoms with Crippen molar-refractivity contribution in [1.29, 1.82) is 0 Å². The molecule has 0 aliphatic rings. The Bertz CT molecular complexity index is 643. The predicted molar refractivity (Wildman–Crippen MR) is 73.3 cm³/mol. The quantitative estimate of drug-likeness (QED) is 0.870. The van der Waals surface area contributed by atoms with Crippen LogP contribution in [-0.4, -0.2) is 24.0 Å². The Morgan fingerprint density at radius 2 is 1.95 bits per heavy atom. The van der Waals surface area contributed by atoms with E-state index in [4.69, 9.17) is 9.84 Å². The van der Waals surface area contributed by atoms with Crippen LogP contribution >= 0.6 is 11.3 Å². The molecule has 0 fully saturated rings. The summed E-state index contributed by atoms with van der Waals surface area (Å²) in [4.78, 5) is 23.5. The highest BCUT2D eigenvalue weighted by molar-refractivity contribution is 7.14. The number of hydrogen-bond acceptors (Lipinski definition) is 4. The van der Waals surface area contributed by atoms with Gasteiger partial charge in [-0.2, -0.15) is 0 Å². The molecule has 0 bridgehead atoms. The SMILES string of the molecule is COc1ccc(-c2sccc2C(=O)O)c(C(C)=O)c1. The van der Waals surface area contributed by atoms with Gasteiger partial charge in [0.25, 0.3) is 0 Å². The van der Waals surface area contributed by atoms with Crippen molar-refractivity contribution in [3.63, 3.8) is 0 Å². The van der Waals surface area contributed by atoms with Gasteiger partial charge in [0.2, 0.25) is 0 Å². The summed E-state index contributed by atoms with van der Waals surface area (Å²) in [7, 11) is 1.52. The van der Waals surface area contributed by atoms with Gasteiger partial charge < -0.3 is 9.84 Å². The first-order chi connectivity index (χ1) is 9.04. The lowest BCUT2D eigenvalue weighted by molar-refractivity contribution is 0.0698. The number of hydrogen-bond donors (Lipinski definition) is 1. The summed E-state index contributed by atoms with van der Waals surface area (Å²) >= 11 is 1.30. The molecule has 2 rings (SSSR count). The normalized spacial score (nSPS) is 10.2. The molecule has 1 N–H and O–H groups in total. The first kappa shape index (κ1) is 13.3. The lowest BCUT2D eigenvalue weighted by Gasteiger charge is -2.08. The van der Waals surface area contributed by atoms with Gasteiger partial charge in [-0.15, -0.1) is 11.3 Å². The largest absolute Gasteiger partial charge is 0.497 e. The minimum atomic E-state index is -0.999. The third kappa shape index (κ3) is 2.51. The zero-order valence-electron chi connectivity index (χ0n) is 10.5. The fraction of sp³-hybridized carbons (Fsp3) is 0.143. The second-order valence-corrected chi connectivity index (χ2v) is 4.85. The fourth-order valence-electron chi connectivity index (χ4n) is 1.83. The monoisotopic (exact) mass is 276 g/mol. The Kier molecular flexibility index (Phi) is 3.66. The molecule has 1 heterocycles. The molecule has 0 spiro atoms. The van der Waals surface area contributed by atoms with E-state index in [1.165, 1.54) is 31.4 Å². The summed E-state index contributed by atoms with van der Waals surface area (Å²) in [5, 5.41) is 10.8. The maximum atomic E-state index is 11.7. The van der Waals surface area contributed by atoms with Crippen molar-refractivity contribution in [2.45, 2.75) is 6.92 Å². The van der Waals surface area contributed by atoms with Gasteiger partial charge in [-0.05, 0) is 36.6 Å². The molecule has 2 aromatic rings. The number of carboxylic acid groups (broad SMARTS) is 1. The molecule has 0 aliphatic heterocycles. The smallest absolute Gasteiger partial charge is 0.337 e. The lowest BCUT2D eigenvalue weighted by Crippen LogP contribution is -2.00. The number of ketones is 1. The minimum absolute atomic E-state index is 0.126. The Hall–Kier alpha value is -2.14. The standard InChI is InChI=1S/C14H12O4S/c1-8(15)12-7-9(18-2)3-4-10(12)13-11(14(16)17)5-6-19-13/h3-7H,1-2H3,(H,16,17). The van der Waals surface area contributed by atoms with E-state index in [1.54, 1.807) is 23.6 Å². The van der Waals surface area contributed by atoms with Crippen LogP contribution in [0.2, 0.25) is 0 Å². The van der Waals surface area contributed by atoms with Gasteiger partial charge in [0.1, 0.15) is 5.75 Å². The Balaban J connectivity index is 2.64.